The van der Waals surface area contributed by atoms with Crippen LogP contribution in [0.15, 0.2) is 43.0 Å². The van der Waals surface area contributed by atoms with E-state index in [9.17, 15) is 0 Å². The van der Waals surface area contributed by atoms with E-state index >= 15 is 0 Å². The van der Waals surface area contributed by atoms with Gasteiger partial charge in [-0.1, -0.05) is 12.1 Å². The molecule has 0 aliphatic carbocycles. The van der Waals surface area contributed by atoms with Crippen molar-refractivity contribution >= 4 is 5.69 Å². The Morgan fingerprint density at radius 3 is 2.62 bits per heavy atom. The maximum absolute atomic E-state index is 4.05. The number of aromatic nitrogens is 2. The SMILES string of the molecule is c1cn(CCCNCc2ccc(N3CCCC3)cc2)cn1. The van der Waals surface area contributed by atoms with Crippen molar-refractivity contribution in [2.24, 2.45) is 0 Å². The molecule has 1 saturated heterocycles. The van der Waals surface area contributed by atoms with Crippen LogP contribution in [0.5, 0.6) is 0 Å². The molecule has 1 aliphatic heterocycles. The van der Waals surface area contributed by atoms with Gasteiger partial charge in [0.25, 0.3) is 0 Å². The van der Waals surface area contributed by atoms with E-state index in [1.807, 2.05) is 18.7 Å². The van der Waals surface area contributed by atoms with E-state index in [1.165, 1.54) is 37.2 Å². The fraction of sp³-hybridized carbons (Fsp3) is 0.471. The van der Waals surface area contributed by atoms with Gasteiger partial charge in [0.05, 0.1) is 6.33 Å². The van der Waals surface area contributed by atoms with E-state index in [0.29, 0.717) is 0 Å². The number of rotatable bonds is 7. The third kappa shape index (κ3) is 4.08. The molecule has 21 heavy (non-hydrogen) atoms. The van der Waals surface area contributed by atoms with Crippen LogP contribution in [-0.2, 0) is 13.1 Å². The first-order valence-electron chi connectivity index (χ1n) is 7.92. The van der Waals surface area contributed by atoms with Gasteiger partial charge >= 0.3 is 0 Å². The number of nitrogens with zero attached hydrogens (tertiary/aromatic N) is 3. The average Bonchev–Trinajstić information content (AvgIpc) is 3.21. The van der Waals surface area contributed by atoms with Crippen LogP contribution in [-0.4, -0.2) is 29.2 Å². The number of nitrogens with one attached hydrogen (secondary N) is 1. The summed E-state index contributed by atoms with van der Waals surface area (Å²) in [4.78, 5) is 6.52. The number of anilines is 1. The molecular formula is C17H24N4. The standard InChI is InChI=1S/C17H24N4/c1-2-12-21(11-1)17-6-4-16(5-7-17)14-18-8-3-10-20-13-9-19-15-20/h4-7,9,13,15,18H,1-3,8,10-12,14H2. The molecule has 3 rings (SSSR count). The molecular weight excluding hydrogens is 260 g/mol. The normalized spacial score (nSPS) is 14.8. The third-order valence-corrected chi connectivity index (χ3v) is 4.07. The topological polar surface area (TPSA) is 33.1 Å². The Labute approximate surface area is 126 Å². The van der Waals surface area contributed by atoms with Crippen molar-refractivity contribution in [3.63, 3.8) is 0 Å². The summed E-state index contributed by atoms with van der Waals surface area (Å²) in [6.07, 6.45) is 9.51. The van der Waals surface area contributed by atoms with Crippen LogP contribution in [0.2, 0.25) is 0 Å². The number of hydrogen-bond donors (Lipinski definition) is 1. The largest absolute Gasteiger partial charge is 0.372 e. The second-order valence-corrected chi connectivity index (χ2v) is 5.69. The lowest BCUT2D eigenvalue weighted by Gasteiger charge is -2.17. The maximum atomic E-state index is 4.05. The molecule has 4 heteroatoms. The molecule has 1 N–H and O–H groups in total. The van der Waals surface area contributed by atoms with Crippen LogP contribution in [0.1, 0.15) is 24.8 Å². The quantitative estimate of drug-likeness (QED) is 0.794. The fourth-order valence-corrected chi connectivity index (χ4v) is 2.84. The summed E-state index contributed by atoms with van der Waals surface area (Å²) in [7, 11) is 0. The monoisotopic (exact) mass is 284 g/mol. The molecule has 0 spiro atoms. The van der Waals surface area contributed by atoms with E-state index in [0.717, 1.165) is 26.1 Å². The fourth-order valence-electron chi connectivity index (χ4n) is 2.84. The van der Waals surface area contributed by atoms with Crippen LogP contribution in [0, 0.1) is 0 Å². The predicted molar refractivity (Wildman–Crippen MR) is 86.4 cm³/mol. The van der Waals surface area contributed by atoms with Crippen molar-refractivity contribution in [1.82, 2.24) is 14.9 Å². The van der Waals surface area contributed by atoms with Gasteiger partial charge in [-0.05, 0) is 43.5 Å². The van der Waals surface area contributed by atoms with Crippen LogP contribution in [0.4, 0.5) is 5.69 Å². The van der Waals surface area contributed by atoms with Crippen molar-refractivity contribution < 1.29 is 0 Å². The van der Waals surface area contributed by atoms with Crippen molar-refractivity contribution in [3.05, 3.63) is 48.5 Å². The van der Waals surface area contributed by atoms with Crippen LogP contribution >= 0.6 is 0 Å². The Balaban J connectivity index is 1.37. The van der Waals surface area contributed by atoms with Gasteiger partial charge in [0.15, 0.2) is 0 Å². The van der Waals surface area contributed by atoms with Gasteiger partial charge in [-0.15, -0.1) is 0 Å². The van der Waals surface area contributed by atoms with E-state index in [4.69, 9.17) is 0 Å². The zero-order chi connectivity index (χ0) is 14.3. The molecule has 1 aliphatic rings. The van der Waals surface area contributed by atoms with E-state index < -0.39 is 0 Å². The Morgan fingerprint density at radius 2 is 1.90 bits per heavy atom. The highest BCUT2D eigenvalue weighted by atomic mass is 15.1. The molecule has 0 unspecified atom stereocenters. The van der Waals surface area contributed by atoms with Gasteiger partial charge in [0.1, 0.15) is 0 Å². The smallest absolute Gasteiger partial charge is 0.0945 e. The van der Waals surface area contributed by atoms with Gasteiger partial charge in [0.2, 0.25) is 0 Å². The van der Waals surface area contributed by atoms with Gasteiger partial charge < -0.3 is 14.8 Å². The maximum Gasteiger partial charge on any atom is 0.0945 e. The van der Waals surface area contributed by atoms with Crippen molar-refractivity contribution in [3.8, 4) is 0 Å². The highest BCUT2D eigenvalue weighted by molar-refractivity contribution is 5.48. The van der Waals surface area contributed by atoms with Gasteiger partial charge in [-0.2, -0.15) is 0 Å². The average molecular weight is 284 g/mol. The van der Waals surface area contributed by atoms with Crippen molar-refractivity contribution in [2.45, 2.75) is 32.4 Å². The van der Waals surface area contributed by atoms with E-state index in [-0.39, 0.29) is 0 Å². The molecule has 1 aromatic heterocycles. The molecule has 1 aromatic carbocycles. The molecule has 0 radical (unpaired) electrons. The zero-order valence-corrected chi connectivity index (χ0v) is 12.5. The third-order valence-electron chi connectivity index (χ3n) is 4.07. The number of hydrogen-bond acceptors (Lipinski definition) is 3. The van der Waals surface area contributed by atoms with E-state index in [1.54, 1.807) is 0 Å². The minimum atomic E-state index is 0.949. The van der Waals surface area contributed by atoms with Crippen LogP contribution < -0.4 is 10.2 Å². The minimum absolute atomic E-state index is 0.949. The molecule has 4 nitrogen and oxygen atoms in total. The summed E-state index contributed by atoms with van der Waals surface area (Å²) in [5.74, 6) is 0. The second kappa shape index (κ2) is 7.27. The number of imidazole rings is 1. The van der Waals surface area contributed by atoms with E-state index in [2.05, 4.69) is 44.0 Å². The summed E-state index contributed by atoms with van der Waals surface area (Å²) in [6, 6.07) is 9.01. The van der Waals surface area contributed by atoms with Crippen molar-refractivity contribution in [1.29, 1.82) is 0 Å². The summed E-state index contributed by atoms with van der Waals surface area (Å²) >= 11 is 0. The Bertz CT molecular complexity index is 512. The first-order chi connectivity index (χ1) is 10.4. The van der Waals surface area contributed by atoms with Crippen LogP contribution in [0.3, 0.4) is 0 Å². The number of benzene rings is 1. The first kappa shape index (κ1) is 14.1. The molecule has 0 atom stereocenters. The van der Waals surface area contributed by atoms with Gasteiger partial charge in [0, 0.05) is 44.3 Å². The van der Waals surface area contributed by atoms with Gasteiger partial charge in [-0.25, -0.2) is 4.98 Å². The summed E-state index contributed by atoms with van der Waals surface area (Å²) in [5.41, 5.74) is 2.73. The lowest BCUT2D eigenvalue weighted by atomic mass is 10.2. The molecule has 112 valence electrons. The summed E-state index contributed by atoms with van der Waals surface area (Å²) < 4.78 is 2.12. The molecule has 0 saturated carbocycles. The van der Waals surface area contributed by atoms with Crippen LogP contribution in [0.25, 0.3) is 0 Å². The lowest BCUT2D eigenvalue weighted by molar-refractivity contribution is 0.581. The lowest BCUT2D eigenvalue weighted by Crippen LogP contribution is -2.18. The molecule has 0 bridgehead atoms. The first-order valence-corrected chi connectivity index (χ1v) is 7.92. The number of aryl methyl sites for hydroxylation is 1. The van der Waals surface area contributed by atoms with Crippen molar-refractivity contribution in [2.75, 3.05) is 24.5 Å². The summed E-state index contributed by atoms with van der Waals surface area (Å²) in [5, 5.41) is 3.51. The highest BCUT2D eigenvalue weighted by Crippen LogP contribution is 2.20. The minimum Gasteiger partial charge on any atom is -0.372 e. The second-order valence-electron chi connectivity index (χ2n) is 5.69. The highest BCUT2D eigenvalue weighted by Gasteiger charge is 2.11. The zero-order valence-electron chi connectivity index (χ0n) is 12.5. The molecule has 2 aromatic rings. The molecule has 1 fully saturated rings. The molecule has 2 heterocycles. The molecule has 0 amide bonds. The summed E-state index contributed by atoms with van der Waals surface area (Å²) in [6.45, 7) is 5.44. The predicted octanol–water partition coefficient (Wildman–Crippen LogP) is 2.66. The Morgan fingerprint density at radius 1 is 1.10 bits per heavy atom. The van der Waals surface area contributed by atoms with Gasteiger partial charge in [-0.3, -0.25) is 0 Å². The Hall–Kier alpha value is -1.81. The Kier molecular flexibility index (Phi) is 4.90.